The number of rotatable bonds is 8. The van der Waals surface area contributed by atoms with Gasteiger partial charge in [0.25, 0.3) is 5.56 Å². The average Bonchev–Trinajstić information content (AvgIpc) is 3.08. The maximum atomic E-state index is 12.4. The normalized spacial score (nSPS) is 12.2. The maximum Gasteiger partial charge on any atom is 0.342 e. The van der Waals surface area contributed by atoms with Gasteiger partial charge in [0.05, 0.1) is 17.1 Å². The number of imidazole rings is 1. The number of thioether (sulfide) groups is 1. The quantitative estimate of drug-likeness (QED) is 0.452. The number of aromatic amines is 3. The van der Waals surface area contributed by atoms with Gasteiger partial charge >= 0.3 is 5.69 Å². The second-order valence-corrected chi connectivity index (χ2v) is 6.98. The molecule has 3 aromatic rings. The van der Waals surface area contributed by atoms with Crippen LogP contribution in [-0.2, 0) is 11.2 Å². The Morgan fingerprint density at radius 2 is 2.07 bits per heavy atom. The van der Waals surface area contributed by atoms with E-state index in [1.165, 1.54) is 0 Å². The Labute approximate surface area is 158 Å². The molecule has 2 aromatic heterocycles. The molecule has 0 bridgehead atoms. The highest BCUT2D eigenvalue weighted by atomic mass is 32.2. The van der Waals surface area contributed by atoms with Crippen LogP contribution in [-0.4, -0.2) is 43.1 Å². The Hall–Kier alpha value is -2.88. The minimum absolute atomic E-state index is 0.0815. The van der Waals surface area contributed by atoms with Crippen LogP contribution in [0.15, 0.2) is 33.9 Å². The van der Waals surface area contributed by atoms with E-state index in [9.17, 15) is 14.4 Å². The summed E-state index contributed by atoms with van der Waals surface area (Å²) in [7, 11) is 0. The zero-order valence-corrected chi connectivity index (χ0v) is 15.6. The molecule has 0 aliphatic rings. The second kappa shape index (κ2) is 8.67. The van der Waals surface area contributed by atoms with Crippen molar-refractivity contribution >= 4 is 28.7 Å². The SMILES string of the molecule is CSCCC(NC(=O)CCc1n[nH]c(=O)[nH]c1=O)c1nc2ccccc2[nH]1. The van der Waals surface area contributed by atoms with E-state index in [0.717, 1.165) is 23.2 Å². The van der Waals surface area contributed by atoms with Crippen molar-refractivity contribution in [2.24, 2.45) is 0 Å². The number of hydrogen-bond donors (Lipinski definition) is 4. The van der Waals surface area contributed by atoms with E-state index < -0.39 is 11.2 Å². The van der Waals surface area contributed by atoms with Crippen molar-refractivity contribution in [1.29, 1.82) is 0 Å². The Morgan fingerprint density at radius 1 is 1.26 bits per heavy atom. The smallest absolute Gasteiger partial charge is 0.342 e. The summed E-state index contributed by atoms with van der Waals surface area (Å²) in [5.74, 6) is 1.36. The molecule has 0 saturated carbocycles. The van der Waals surface area contributed by atoms with Gasteiger partial charge in [-0.15, -0.1) is 0 Å². The van der Waals surface area contributed by atoms with Crippen molar-refractivity contribution in [3.8, 4) is 0 Å². The summed E-state index contributed by atoms with van der Waals surface area (Å²) in [4.78, 5) is 45.0. The fraction of sp³-hybridized carbons (Fsp3) is 0.353. The summed E-state index contributed by atoms with van der Waals surface area (Å²) in [5.41, 5.74) is 0.631. The molecule has 1 unspecified atom stereocenters. The lowest BCUT2D eigenvalue weighted by Crippen LogP contribution is -2.32. The fourth-order valence-corrected chi connectivity index (χ4v) is 3.16. The fourth-order valence-electron chi connectivity index (χ4n) is 2.69. The van der Waals surface area contributed by atoms with Crippen molar-refractivity contribution < 1.29 is 4.79 Å². The molecule has 0 saturated heterocycles. The van der Waals surface area contributed by atoms with E-state index in [1.807, 2.05) is 30.5 Å². The lowest BCUT2D eigenvalue weighted by atomic mass is 10.2. The molecule has 4 N–H and O–H groups in total. The largest absolute Gasteiger partial charge is 0.346 e. The summed E-state index contributed by atoms with van der Waals surface area (Å²) in [6.45, 7) is 0. The number of aryl methyl sites for hydroxylation is 1. The number of benzene rings is 1. The number of carbonyl (C=O) groups is 1. The zero-order chi connectivity index (χ0) is 19.2. The molecule has 0 aliphatic heterocycles. The summed E-state index contributed by atoms with van der Waals surface area (Å²) < 4.78 is 0. The van der Waals surface area contributed by atoms with Crippen LogP contribution >= 0.6 is 11.8 Å². The number of aromatic nitrogens is 5. The first kappa shape index (κ1) is 18.9. The lowest BCUT2D eigenvalue weighted by molar-refractivity contribution is -0.121. The molecule has 0 fully saturated rings. The predicted octanol–water partition coefficient (Wildman–Crippen LogP) is 0.878. The second-order valence-electron chi connectivity index (χ2n) is 5.99. The molecule has 1 amide bonds. The van der Waals surface area contributed by atoms with Gasteiger partial charge in [-0.2, -0.15) is 16.9 Å². The van der Waals surface area contributed by atoms with Crippen molar-refractivity contribution in [1.82, 2.24) is 30.5 Å². The molecule has 142 valence electrons. The van der Waals surface area contributed by atoms with Crippen LogP contribution in [0.3, 0.4) is 0 Å². The van der Waals surface area contributed by atoms with E-state index in [2.05, 4.69) is 30.5 Å². The predicted molar refractivity (Wildman–Crippen MR) is 104 cm³/mol. The Morgan fingerprint density at radius 3 is 2.81 bits per heavy atom. The van der Waals surface area contributed by atoms with Crippen LogP contribution in [0.4, 0.5) is 0 Å². The number of hydrogen-bond acceptors (Lipinski definition) is 6. The number of nitrogens with zero attached hydrogens (tertiary/aromatic N) is 2. The third kappa shape index (κ3) is 4.85. The standard InChI is InChI=1S/C17H20N6O3S/c1-27-9-8-12(15-19-10-4-2-3-5-11(10)20-15)18-14(24)7-6-13-16(25)21-17(26)23-22-13/h2-5,12H,6-9H2,1H3,(H,18,24)(H,19,20)(H2,21,23,25,26). The molecule has 0 spiro atoms. The van der Waals surface area contributed by atoms with Gasteiger partial charge in [0.15, 0.2) is 0 Å². The monoisotopic (exact) mass is 388 g/mol. The molecule has 9 nitrogen and oxygen atoms in total. The van der Waals surface area contributed by atoms with Crippen LogP contribution in [0, 0.1) is 0 Å². The zero-order valence-electron chi connectivity index (χ0n) is 14.7. The first-order chi connectivity index (χ1) is 13.1. The van der Waals surface area contributed by atoms with E-state index in [-0.39, 0.29) is 30.5 Å². The highest BCUT2D eigenvalue weighted by Gasteiger charge is 2.18. The first-order valence-corrected chi connectivity index (χ1v) is 9.87. The van der Waals surface area contributed by atoms with Gasteiger partial charge in [-0.05, 0) is 30.6 Å². The molecular formula is C17H20N6O3S. The summed E-state index contributed by atoms with van der Waals surface area (Å²) >= 11 is 1.69. The van der Waals surface area contributed by atoms with Crippen molar-refractivity contribution in [3.05, 3.63) is 56.6 Å². The number of H-pyrrole nitrogens is 3. The topological polar surface area (TPSA) is 136 Å². The number of para-hydroxylation sites is 2. The third-order valence-corrected chi connectivity index (χ3v) is 4.70. The van der Waals surface area contributed by atoms with Gasteiger partial charge in [-0.25, -0.2) is 14.9 Å². The molecule has 10 heteroatoms. The van der Waals surface area contributed by atoms with Gasteiger partial charge in [0.1, 0.15) is 11.5 Å². The van der Waals surface area contributed by atoms with E-state index in [4.69, 9.17) is 0 Å². The third-order valence-electron chi connectivity index (χ3n) is 4.05. The van der Waals surface area contributed by atoms with E-state index in [1.54, 1.807) is 11.8 Å². The molecule has 0 aliphatic carbocycles. The van der Waals surface area contributed by atoms with Crippen LogP contribution in [0.25, 0.3) is 11.0 Å². The molecular weight excluding hydrogens is 368 g/mol. The summed E-state index contributed by atoms with van der Waals surface area (Å²) in [6, 6.07) is 7.44. The van der Waals surface area contributed by atoms with Crippen LogP contribution in [0.1, 0.15) is 30.4 Å². The number of nitrogens with one attached hydrogen (secondary N) is 4. The van der Waals surface area contributed by atoms with E-state index in [0.29, 0.717) is 5.82 Å². The van der Waals surface area contributed by atoms with Gasteiger partial charge in [0.2, 0.25) is 5.91 Å². The minimum Gasteiger partial charge on any atom is -0.346 e. The summed E-state index contributed by atoms with van der Waals surface area (Å²) in [6.07, 6.45) is 2.95. The first-order valence-electron chi connectivity index (χ1n) is 8.47. The molecule has 0 radical (unpaired) electrons. The van der Waals surface area contributed by atoms with Crippen molar-refractivity contribution in [3.63, 3.8) is 0 Å². The molecule has 1 atom stereocenters. The molecule has 1 aromatic carbocycles. The van der Waals surface area contributed by atoms with E-state index >= 15 is 0 Å². The Bertz CT molecular complexity index is 1010. The molecule has 27 heavy (non-hydrogen) atoms. The molecule has 2 heterocycles. The number of amides is 1. The van der Waals surface area contributed by atoms with Gasteiger partial charge in [-0.3, -0.25) is 14.6 Å². The van der Waals surface area contributed by atoms with Crippen LogP contribution in [0.5, 0.6) is 0 Å². The minimum atomic E-state index is -0.671. The maximum absolute atomic E-state index is 12.4. The number of fused-ring (bicyclic) bond motifs is 1. The van der Waals surface area contributed by atoms with Crippen LogP contribution in [0.2, 0.25) is 0 Å². The summed E-state index contributed by atoms with van der Waals surface area (Å²) in [5, 5.41) is 8.82. The highest BCUT2D eigenvalue weighted by molar-refractivity contribution is 7.98. The average molecular weight is 388 g/mol. The Kier molecular flexibility index (Phi) is 6.07. The Balaban J connectivity index is 1.68. The van der Waals surface area contributed by atoms with Crippen LogP contribution < -0.4 is 16.6 Å². The van der Waals surface area contributed by atoms with Gasteiger partial charge in [-0.1, -0.05) is 12.1 Å². The van der Waals surface area contributed by atoms with Gasteiger partial charge in [0, 0.05) is 12.8 Å². The number of carbonyl (C=O) groups excluding carboxylic acids is 1. The van der Waals surface area contributed by atoms with Gasteiger partial charge < -0.3 is 10.3 Å². The van der Waals surface area contributed by atoms with Crippen molar-refractivity contribution in [2.45, 2.75) is 25.3 Å². The molecule has 3 rings (SSSR count). The highest BCUT2D eigenvalue weighted by Crippen LogP contribution is 2.20. The van der Waals surface area contributed by atoms with Crippen molar-refractivity contribution in [2.75, 3.05) is 12.0 Å². The lowest BCUT2D eigenvalue weighted by Gasteiger charge is -2.16.